The zero-order valence-electron chi connectivity index (χ0n) is 15.1. The summed E-state index contributed by atoms with van der Waals surface area (Å²) < 4.78 is 5.53. The van der Waals surface area contributed by atoms with E-state index in [0.717, 1.165) is 19.3 Å². The van der Waals surface area contributed by atoms with Crippen molar-refractivity contribution in [1.29, 1.82) is 0 Å². The maximum absolute atomic E-state index is 12.1. The predicted octanol–water partition coefficient (Wildman–Crippen LogP) is 5.71. The lowest BCUT2D eigenvalue weighted by atomic mass is 9.79. The van der Waals surface area contributed by atoms with Crippen molar-refractivity contribution < 1.29 is 9.53 Å². The molecule has 0 spiro atoms. The lowest BCUT2D eigenvalue weighted by Crippen LogP contribution is -2.14. The average molecular weight is 324 g/mol. The van der Waals surface area contributed by atoms with E-state index in [9.17, 15) is 4.79 Å². The normalized spacial score (nSPS) is 23.8. The zero-order valence-corrected chi connectivity index (χ0v) is 15.1. The second-order valence-corrected chi connectivity index (χ2v) is 7.73. The van der Waals surface area contributed by atoms with Gasteiger partial charge in [-0.15, -0.1) is 0 Å². The number of hydrogen-bond acceptors (Lipinski definition) is 2. The maximum Gasteiger partial charge on any atom is 0.338 e. The summed E-state index contributed by atoms with van der Waals surface area (Å²) in [4.78, 5) is 12.1. The first-order chi connectivity index (χ1) is 11.5. The molecule has 128 valence electrons. The molecule has 2 nitrogen and oxygen atoms in total. The molecule has 0 fully saturated rings. The van der Waals surface area contributed by atoms with Gasteiger partial charge >= 0.3 is 5.97 Å². The van der Waals surface area contributed by atoms with E-state index >= 15 is 0 Å². The highest BCUT2D eigenvalue weighted by molar-refractivity contribution is 5.89. The van der Waals surface area contributed by atoms with Crippen molar-refractivity contribution in [3.63, 3.8) is 0 Å². The van der Waals surface area contributed by atoms with Crippen LogP contribution in [0.5, 0.6) is 0 Å². The minimum absolute atomic E-state index is 0.228. The molecule has 0 aromatic heterocycles. The Kier molecular flexibility index (Phi) is 4.93. The van der Waals surface area contributed by atoms with E-state index in [1.54, 1.807) is 23.3 Å². The fourth-order valence-electron chi connectivity index (χ4n) is 4.13. The van der Waals surface area contributed by atoms with Crippen molar-refractivity contribution in [2.45, 2.75) is 52.9 Å². The molecule has 1 aromatic carbocycles. The van der Waals surface area contributed by atoms with Gasteiger partial charge in [0.25, 0.3) is 0 Å². The summed E-state index contributed by atoms with van der Waals surface area (Å²) in [5, 5.41) is 0. The number of ether oxygens (including phenoxy) is 1. The average Bonchev–Trinajstić information content (AvgIpc) is 2.83. The van der Waals surface area contributed by atoms with Crippen LogP contribution in [0.2, 0.25) is 0 Å². The third kappa shape index (κ3) is 3.48. The summed E-state index contributed by atoms with van der Waals surface area (Å²) in [6.07, 6.45) is 8.08. The summed E-state index contributed by atoms with van der Waals surface area (Å²) in [5.41, 5.74) is 5.57. The van der Waals surface area contributed by atoms with Gasteiger partial charge in [-0.2, -0.15) is 0 Å². The van der Waals surface area contributed by atoms with Crippen molar-refractivity contribution >= 4 is 5.97 Å². The van der Waals surface area contributed by atoms with Crippen LogP contribution in [0.15, 0.2) is 53.1 Å². The molecule has 2 heteroatoms. The molecular formula is C22H28O2. The molecule has 2 aliphatic carbocycles. The van der Waals surface area contributed by atoms with Crippen LogP contribution in [0.4, 0.5) is 0 Å². The monoisotopic (exact) mass is 324 g/mol. The van der Waals surface area contributed by atoms with Gasteiger partial charge in [0, 0.05) is 0 Å². The Labute approximate surface area is 145 Å². The maximum atomic E-state index is 12.1. The van der Waals surface area contributed by atoms with Crippen molar-refractivity contribution in [1.82, 2.24) is 0 Å². The van der Waals surface area contributed by atoms with E-state index in [1.807, 2.05) is 18.2 Å². The van der Waals surface area contributed by atoms with Crippen LogP contribution < -0.4 is 0 Å². The Morgan fingerprint density at radius 2 is 1.92 bits per heavy atom. The Bertz CT molecular complexity index is 666. The van der Waals surface area contributed by atoms with E-state index in [4.69, 9.17) is 4.74 Å². The van der Waals surface area contributed by atoms with Gasteiger partial charge in [0.2, 0.25) is 0 Å². The SMILES string of the molecule is CC(C)C1=C2CCC(COC(=O)c3ccccc3)=CC[C@@]2(C)CC1. The molecule has 0 radical (unpaired) electrons. The molecule has 0 amide bonds. The van der Waals surface area contributed by atoms with E-state index in [1.165, 1.54) is 18.4 Å². The van der Waals surface area contributed by atoms with Crippen molar-refractivity contribution in [3.05, 3.63) is 58.7 Å². The lowest BCUT2D eigenvalue weighted by molar-refractivity contribution is 0.0537. The van der Waals surface area contributed by atoms with E-state index < -0.39 is 0 Å². The molecule has 1 aromatic rings. The smallest absolute Gasteiger partial charge is 0.338 e. The van der Waals surface area contributed by atoms with Gasteiger partial charge in [0.1, 0.15) is 6.61 Å². The first kappa shape index (κ1) is 17.0. The second kappa shape index (κ2) is 6.96. The van der Waals surface area contributed by atoms with E-state index in [0.29, 0.717) is 23.5 Å². The summed E-state index contributed by atoms with van der Waals surface area (Å²) in [6, 6.07) is 9.24. The van der Waals surface area contributed by atoms with Gasteiger partial charge in [-0.05, 0) is 61.1 Å². The molecule has 0 saturated heterocycles. The van der Waals surface area contributed by atoms with Gasteiger partial charge in [-0.3, -0.25) is 0 Å². The second-order valence-electron chi connectivity index (χ2n) is 7.73. The number of allylic oxidation sites excluding steroid dienone is 3. The number of esters is 1. The van der Waals surface area contributed by atoms with Crippen molar-refractivity contribution in [2.24, 2.45) is 11.3 Å². The summed E-state index contributed by atoms with van der Waals surface area (Å²) in [7, 11) is 0. The molecule has 3 rings (SSSR count). The fourth-order valence-corrected chi connectivity index (χ4v) is 4.13. The third-order valence-corrected chi connectivity index (χ3v) is 5.69. The first-order valence-corrected chi connectivity index (χ1v) is 9.12. The number of hydrogen-bond donors (Lipinski definition) is 0. The Hall–Kier alpha value is -1.83. The third-order valence-electron chi connectivity index (χ3n) is 5.69. The van der Waals surface area contributed by atoms with Crippen LogP contribution in [0.1, 0.15) is 63.2 Å². The quantitative estimate of drug-likeness (QED) is 0.524. The molecular weight excluding hydrogens is 296 g/mol. The highest BCUT2D eigenvalue weighted by Crippen LogP contribution is 2.51. The molecule has 0 saturated carbocycles. The number of benzene rings is 1. The standard InChI is InChI=1S/C22H28O2/c1-16(2)19-12-14-22(3)13-11-17(9-10-20(19)22)15-24-21(23)18-7-5-4-6-8-18/h4-8,11,16H,9-10,12-15H2,1-3H3/t22-/m0/s1. The molecule has 24 heavy (non-hydrogen) atoms. The fraction of sp³-hybridized carbons (Fsp3) is 0.500. The minimum Gasteiger partial charge on any atom is -0.458 e. The summed E-state index contributed by atoms with van der Waals surface area (Å²) in [6.45, 7) is 7.46. The van der Waals surface area contributed by atoms with Crippen LogP contribution >= 0.6 is 0 Å². The summed E-state index contributed by atoms with van der Waals surface area (Å²) >= 11 is 0. The van der Waals surface area contributed by atoms with E-state index in [2.05, 4.69) is 26.8 Å². The van der Waals surface area contributed by atoms with Gasteiger partial charge in [-0.25, -0.2) is 4.79 Å². The largest absolute Gasteiger partial charge is 0.458 e. The lowest BCUT2D eigenvalue weighted by Gasteiger charge is -2.26. The number of carbonyl (C=O) groups excluding carboxylic acids is 1. The Morgan fingerprint density at radius 3 is 2.62 bits per heavy atom. The zero-order chi connectivity index (χ0) is 17.2. The highest BCUT2D eigenvalue weighted by Gasteiger charge is 2.37. The highest BCUT2D eigenvalue weighted by atomic mass is 16.5. The van der Waals surface area contributed by atoms with Gasteiger partial charge < -0.3 is 4.74 Å². The number of carbonyl (C=O) groups is 1. The molecule has 2 aliphatic rings. The van der Waals surface area contributed by atoms with Gasteiger partial charge in [-0.1, -0.05) is 56.2 Å². The Morgan fingerprint density at radius 1 is 1.17 bits per heavy atom. The van der Waals surface area contributed by atoms with Crippen LogP contribution in [0, 0.1) is 11.3 Å². The molecule has 1 atom stereocenters. The first-order valence-electron chi connectivity index (χ1n) is 9.12. The van der Waals surface area contributed by atoms with Crippen molar-refractivity contribution in [2.75, 3.05) is 6.61 Å². The summed E-state index contributed by atoms with van der Waals surface area (Å²) in [5.74, 6) is 0.425. The van der Waals surface area contributed by atoms with Crippen molar-refractivity contribution in [3.8, 4) is 0 Å². The molecule has 0 aliphatic heterocycles. The van der Waals surface area contributed by atoms with Gasteiger partial charge in [0.05, 0.1) is 5.56 Å². The molecule has 0 unspecified atom stereocenters. The minimum atomic E-state index is -0.228. The van der Waals surface area contributed by atoms with Crippen LogP contribution in [-0.2, 0) is 4.74 Å². The van der Waals surface area contributed by atoms with E-state index in [-0.39, 0.29) is 5.97 Å². The van der Waals surface area contributed by atoms with Crippen LogP contribution in [0.25, 0.3) is 0 Å². The van der Waals surface area contributed by atoms with Crippen LogP contribution in [-0.4, -0.2) is 12.6 Å². The Balaban J connectivity index is 1.65. The predicted molar refractivity (Wildman–Crippen MR) is 97.9 cm³/mol. The topological polar surface area (TPSA) is 26.3 Å². The number of fused-ring (bicyclic) bond motifs is 1. The van der Waals surface area contributed by atoms with Crippen LogP contribution in [0.3, 0.4) is 0 Å². The van der Waals surface area contributed by atoms with Gasteiger partial charge in [0.15, 0.2) is 0 Å². The molecule has 0 N–H and O–H groups in total. The molecule has 0 heterocycles. The molecule has 0 bridgehead atoms. The number of rotatable bonds is 4.